The zero-order valence-corrected chi connectivity index (χ0v) is 65.4. The number of sulfone groups is 2. The van der Waals surface area contributed by atoms with Crippen molar-refractivity contribution in [3.8, 4) is 113 Å². The van der Waals surface area contributed by atoms with Gasteiger partial charge >= 0.3 is 0 Å². The highest BCUT2D eigenvalue weighted by atomic mass is 32.2. The molecule has 0 spiro atoms. The first kappa shape index (κ1) is 75.9. The van der Waals surface area contributed by atoms with Crippen LogP contribution in [0.5, 0.6) is 57.5 Å². The number of aromatic nitrogens is 2. The van der Waals surface area contributed by atoms with Crippen molar-refractivity contribution in [2.45, 2.75) is 61.1 Å². The summed E-state index contributed by atoms with van der Waals surface area (Å²) < 4.78 is 104. The molecule has 15 aromatic rings. The predicted molar refractivity (Wildman–Crippen MR) is 446 cm³/mol. The summed E-state index contributed by atoms with van der Waals surface area (Å²) in [7, 11) is -7.21. The number of hydrogen-bond donors (Lipinski definition) is 0. The molecule has 0 amide bonds. The standard InChI is InChI=1S/C59H49NO8S2.C37H30NO3P/c1-38-7-24-53(25-8-38)69(61,62)55-28-20-51(21-29-55)67-58-39(2)33-46(34-40(58)3)47-35-41(4)59(42(5)36-47)68-52-22-30-56(31-23-52)70(63,64)54-26-18-50(19-27-54)66-49-16-11-44(12-17-49)57-32-13-45(37-60-57)43-9-14-48(65-6)15-10-43;1-27-8-21-35(22-9-27)42(39,34-6-4-3-5-7-34)36-23-19-33(20-24-36)41-32-17-12-29(13-18-32)37-25-14-30(26-38-37)28-10-15-31(40-2)16-11-28/h7-37H,1-6H3;3-26H,1-2H3. The molecule has 0 bridgehead atoms. The van der Waals surface area contributed by atoms with Crippen LogP contribution in [-0.2, 0) is 24.2 Å². The Morgan fingerprint density at radius 1 is 0.259 bits per heavy atom. The highest BCUT2D eigenvalue weighted by Gasteiger charge is 2.30. The van der Waals surface area contributed by atoms with Gasteiger partial charge in [-0.15, -0.1) is 0 Å². The maximum Gasteiger partial charge on any atom is 0.206 e. The average Bonchev–Trinajstić information content (AvgIpc) is 0.767. The molecule has 0 aliphatic carbocycles. The van der Waals surface area contributed by atoms with E-state index >= 15 is 0 Å². The molecule has 556 valence electrons. The van der Waals surface area contributed by atoms with E-state index in [9.17, 15) is 21.4 Å². The fraction of sp³-hybridized carbons (Fsp3) is 0.0833. The molecule has 15 rings (SSSR count). The third kappa shape index (κ3) is 17.1. The molecule has 0 radical (unpaired) electrons. The van der Waals surface area contributed by atoms with E-state index in [1.165, 1.54) is 12.1 Å². The van der Waals surface area contributed by atoms with Crippen LogP contribution in [0.15, 0.2) is 353 Å². The van der Waals surface area contributed by atoms with Gasteiger partial charge in [-0.2, -0.15) is 0 Å². The molecule has 16 heteroatoms. The van der Waals surface area contributed by atoms with Crippen LogP contribution in [0.2, 0.25) is 0 Å². The Morgan fingerprint density at radius 3 is 0.839 bits per heavy atom. The molecule has 112 heavy (non-hydrogen) atoms. The van der Waals surface area contributed by atoms with E-state index in [1.54, 1.807) is 99.1 Å². The van der Waals surface area contributed by atoms with Gasteiger partial charge in [0, 0.05) is 50.6 Å². The number of nitrogens with zero attached hydrogens (tertiary/aromatic N) is 2. The number of rotatable bonds is 22. The molecule has 1 atom stereocenters. The van der Waals surface area contributed by atoms with Gasteiger partial charge in [-0.3, -0.25) is 9.97 Å². The van der Waals surface area contributed by atoms with Crippen molar-refractivity contribution in [1.82, 2.24) is 9.97 Å². The van der Waals surface area contributed by atoms with Gasteiger partial charge < -0.3 is 33.0 Å². The normalized spacial score (nSPS) is 11.8. The van der Waals surface area contributed by atoms with E-state index < -0.39 is 26.8 Å². The summed E-state index contributed by atoms with van der Waals surface area (Å²) in [6.07, 6.45) is 3.73. The Labute approximate surface area is 654 Å². The summed E-state index contributed by atoms with van der Waals surface area (Å²) in [5.74, 6) is 6.54. The Bertz CT molecular complexity index is 6050. The molecular weight excluding hydrogens is 1450 g/mol. The third-order valence-corrected chi connectivity index (χ3v) is 25.9. The van der Waals surface area contributed by atoms with Crippen molar-refractivity contribution in [2.24, 2.45) is 0 Å². The first-order valence-corrected chi connectivity index (χ1v) is 40.9. The van der Waals surface area contributed by atoms with E-state index in [1.807, 2.05) is 248 Å². The summed E-state index contributed by atoms with van der Waals surface area (Å²) in [6.45, 7) is 11.9. The second-order valence-corrected chi connectivity index (χ2v) is 33.8. The van der Waals surface area contributed by atoms with Gasteiger partial charge in [0.1, 0.15) is 57.5 Å². The molecule has 0 N–H and O–H groups in total. The topological polar surface area (TPSA) is 167 Å². The quantitative estimate of drug-likeness (QED) is 0.0589. The van der Waals surface area contributed by atoms with Crippen molar-refractivity contribution in [3.63, 3.8) is 0 Å². The lowest BCUT2D eigenvalue weighted by Gasteiger charge is -2.20. The van der Waals surface area contributed by atoms with Crippen molar-refractivity contribution in [2.75, 3.05) is 14.2 Å². The molecule has 0 aliphatic heterocycles. The number of ether oxygens (including phenoxy) is 6. The second kappa shape index (κ2) is 33.1. The molecule has 0 saturated heterocycles. The van der Waals surface area contributed by atoms with E-state index in [-0.39, 0.29) is 19.6 Å². The first-order chi connectivity index (χ1) is 54.2. The Balaban J connectivity index is 0.000000211. The zero-order valence-electron chi connectivity index (χ0n) is 62.9. The molecule has 2 heterocycles. The van der Waals surface area contributed by atoms with Gasteiger partial charge in [0.15, 0.2) is 7.14 Å². The van der Waals surface area contributed by atoms with E-state index in [0.29, 0.717) is 46.0 Å². The van der Waals surface area contributed by atoms with E-state index in [2.05, 4.69) is 40.3 Å². The van der Waals surface area contributed by atoms with Gasteiger partial charge in [-0.05, 0) is 304 Å². The molecule has 13 aromatic carbocycles. The van der Waals surface area contributed by atoms with E-state index in [4.69, 9.17) is 28.4 Å². The highest BCUT2D eigenvalue weighted by Crippen LogP contribution is 2.44. The van der Waals surface area contributed by atoms with Crippen molar-refractivity contribution < 1.29 is 49.8 Å². The largest absolute Gasteiger partial charge is 0.497 e. The van der Waals surface area contributed by atoms with Gasteiger partial charge in [-0.1, -0.05) is 114 Å². The summed E-state index contributed by atoms with van der Waals surface area (Å²) in [5, 5.41) is 2.39. The highest BCUT2D eigenvalue weighted by molar-refractivity contribution is 7.91. The lowest BCUT2D eigenvalue weighted by atomic mass is 9.96. The van der Waals surface area contributed by atoms with Crippen molar-refractivity contribution in [3.05, 3.63) is 367 Å². The van der Waals surface area contributed by atoms with Gasteiger partial charge in [0.2, 0.25) is 19.7 Å². The number of methoxy groups -OCH3 is 2. The lowest BCUT2D eigenvalue weighted by molar-refractivity contribution is 0.415. The van der Waals surface area contributed by atoms with Crippen LogP contribution in [0.3, 0.4) is 0 Å². The van der Waals surface area contributed by atoms with Crippen LogP contribution in [0, 0.1) is 41.5 Å². The molecule has 0 aliphatic rings. The van der Waals surface area contributed by atoms with Crippen molar-refractivity contribution >= 4 is 42.7 Å². The Morgan fingerprint density at radius 2 is 0.518 bits per heavy atom. The first-order valence-electron chi connectivity index (χ1n) is 36.2. The van der Waals surface area contributed by atoms with Gasteiger partial charge in [0.25, 0.3) is 0 Å². The van der Waals surface area contributed by atoms with Crippen LogP contribution in [0.4, 0.5) is 0 Å². The number of aryl methyl sites for hydroxylation is 6. The summed E-state index contributed by atoms with van der Waals surface area (Å²) in [5.41, 5.74) is 15.6. The molecule has 13 nitrogen and oxygen atoms in total. The Hall–Kier alpha value is -12.9. The minimum absolute atomic E-state index is 0.139. The van der Waals surface area contributed by atoms with Crippen LogP contribution in [0.1, 0.15) is 33.4 Å². The fourth-order valence-corrected chi connectivity index (χ4v) is 18.2. The fourth-order valence-electron chi connectivity index (χ4n) is 13.1. The number of pyridine rings is 2. The van der Waals surface area contributed by atoms with E-state index in [0.717, 1.165) is 117 Å². The smallest absolute Gasteiger partial charge is 0.206 e. The third-order valence-electron chi connectivity index (χ3n) is 19.3. The van der Waals surface area contributed by atoms with Crippen LogP contribution in [0.25, 0.3) is 55.9 Å². The van der Waals surface area contributed by atoms with Crippen molar-refractivity contribution in [1.29, 1.82) is 0 Å². The summed E-state index contributed by atoms with van der Waals surface area (Å²) in [6, 6.07) is 98.9. The maximum absolute atomic E-state index is 14.6. The molecule has 1 unspecified atom stereocenters. The minimum Gasteiger partial charge on any atom is -0.497 e. The lowest BCUT2D eigenvalue weighted by Crippen LogP contribution is -2.24. The zero-order chi connectivity index (χ0) is 78.1. The SMILES string of the molecule is COc1ccc(-c2ccc(-c3ccc(Oc4ccc(P(=O)(c5ccccc5)c5ccc(C)cc5)cc4)cc3)nc2)cc1.COc1ccc(-c2ccc(-c3ccc(Oc4ccc(S(=O)(=O)c5ccc(Oc6c(C)cc(-c7cc(C)c(Oc8ccc(S(=O)(=O)c9ccc(C)cc9)cc8)c(C)c7)cc6C)cc5)cc4)cc3)nc2)cc1. The molecule has 0 saturated carbocycles. The average molecular weight is 1530 g/mol. The Kier molecular flexibility index (Phi) is 22.4. The monoisotopic (exact) mass is 1530 g/mol. The second-order valence-electron chi connectivity index (χ2n) is 27.2. The maximum atomic E-state index is 14.6. The summed E-state index contributed by atoms with van der Waals surface area (Å²) >= 11 is 0. The minimum atomic E-state index is -3.83. The van der Waals surface area contributed by atoms with Crippen LogP contribution < -0.4 is 44.3 Å². The predicted octanol–water partition coefficient (Wildman–Crippen LogP) is 22.8. The van der Waals surface area contributed by atoms with Gasteiger partial charge in [-0.25, -0.2) is 16.8 Å². The number of hydrogen-bond acceptors (Lipinski definition) is 13. The summed E-state index contributed by atoms with van der Waals surface area (Å²) in [4.78, 5) is 10.1. The van der Waals surface area contributed by atoms with Crippen LogP contribution >= 0.6 is 7.14 Å². The molecule has 2 aromatic heterocycles. The van der Waals surface area contributed by atoms with Crippen LogP contribution in [-0.4, -0.2) is 41.0 Å². The molecular formula is C96H79N2O11PS2. The van der Waals surface area contributed by atoms with Gasteiger partial charge in [0.05, 0.1) is 45.2 Å². The number of benzene rings is 13. The molecule has 0 fully saturated rings.